The van der Waals surface area contributed by atoms with Crippen LogP contribution in [0.4, 0.5) is 5.69 Å². The normalized spacial score (nSPS) is 11.8. The topological polar surface area (TPSA) is 46.2 Å². The van der Waals surface area contributed by atoms with Crippen molar-refractivity contribution in [3.8, 4) is 0 Å². The SMILES string of the molecule is Cc1cc(C)c(S(=O)(=O)Nc2c(C)cccc2C(C)C)c(C)c1. The Morgan fingerprint density at radius 2 is 1.48 bits per heavy atom. The third-order valence-corrected chi connectivity index (χ3v) is 5.69. The molecule has 0 bridgehead atoms. The van der Waals surface area contributed by atoms with Crippen molar-refractivity contribution in [2.75, 3.05) is 4.72 Å². The molecule has 4 heteroatoms. The molecule has 0 radical (unpaired) electrons. The van der Waals surface area contributed by atoms with Gasteiger partial charge in [-0.2, -0.15) is 0 Å². The first-order chi connectivity index (χ1) is 10.6. The third kappa shape index (κ3) is 3.58. The fraction of sp³-hybridized carbons (Fsp3) is 0.368. The van der Waals surface area contributed by atoms with Crippen molar-refractivity contribution in [3.05, 3.63) is 58.1 Å². The predicted molar refractivity (Wildman–Crippen MR) is 96.7 cm³/mol. The van der Waals surface area contributed by atoms with E-state index in [4.69, 9.17) is 0 Å². The average molecular weight is 331 g/mol. The second-order valence-electron chi connectivity index (χ2n) is 6.53. The molecule has 0 saturated heterocycles. The summed E-state index contributed by atoms with van der Waals surface area (Å²) < 4.78 is 28.8. The Hall–Kier alpha value is -1.81. The van der Waals surface area contributed by atoms with Crippen LogP contribution in [-0.2, 0) is 10.0 Å². The van der Waals surface area contributed by atoms with Crippen molar-refractivity contribution >= 4 is 15.7 Å². The Kier molecular flexibility index (Phi) is 4.85. The molecule has 3 nitrogen and oxygen atoms in total. The number of anilines is 1. The molecule has 0 heterocycles. The second-order valence-corrected chi connectivity index (χ2v) is 8.15. The number of sulfonamides is 1. The number of benzene rings is 2. The van der Waals surface area contributed by atoms with Crippen LogP contribution in [0.25, 0.3) is 0 Å². The van der Waals surface area contributed by atoms with Gasteiger partial charge in [0.05, 0.1) is 10.6 Å². The maximum Gasteiger partial charge on any atom is 0.262 e. The molecular formula is C19H25NO2S. The molecule has 0 fully saturated rings. The number of hydrogen-bond acceptors (Lipinski definition) is 2. The summed E-state index contributed by atoms with van der Waals surface area (Å²) in [5.41, 5.74) is 5.25. The lowest BCUT2D eigenvalue weighted by Crippen LogP contribution is -2.18. The molecule has 23 heavy (non-hydrogen) atoms. The largest absolute Gasteiger partial charge is 0.279 e. The van der Waals surface area contributed by atoms with Gasteiger partial charge < -0.3 is 0 Å². The summed E-state index contributed by atoms with van der Waals surface area (Å²) in [6, 6.07) is 9.68. The first-order valence-corrected chi connectivity index (χ1v) is 9.32. The van der Waals surface area contributed by atoms with E-state index >= 15 is 0 Å². The molecule has 2 aromatic carbocycles. The number of hydrogen-bond donors (Lipinski definition) is 1. The molecule has 2 aromatic rings. The summed E-state index contributed by atoms with van der Waals surface area (Å²) in [7, 11) is -3.62. The van der Waals surface area contributed by atoms with Gasteiger partial charge in [0.15, 0.2) is 0 Å². The van der Waals surface area contributed by atoms with Crippen LogP contribution in [0.5, 0.6) is 0 Å². The maximum atomic E-state index is 13.0. The van der Waals surface area contributed by atoms with Gasteiger partial charge in [0.1, 0.15) is 0 Å². The summed E-state index contributed by atoms with van der Waals surface area (Å²) in [6.07, 6.45) is 0. The lowest BCUT2D eigenvalue weighted by molar-refractivity contribution is 0.600. The van der Waals surface area contributed by atoms with Crippen LogP contribution in [0.2, 0.25) is 0 Å². The van der Waals surface area contributed by atoms with Crippen molar-refractivity contribution in [1.82, 2.24) is 0 Å². The maximum absolute atomic E-state index is 13.0. The van der Waals surface area contributed by atoms with Gasteiger partial charge in [-0.25, -0.2) is 8.42 Å². The summed E-state index contributed by atoms with van der Waals surface area (Å²) in [5, 5.41) is 0. The number of aryl methyl sites for hydroxylation is 4. The van der Waals surface area contributed by atoms with Crippen LogP contribution in [0.15, 0.2) is 35.2 Å². The van der Waals surface area contributed by atoms with E-state index in [1.54, 1.807) is 0 Å². The quantitative estimate of drug-likeness (QED) is 0.871. The minimum atomic E-state index is -3.62. The highest BCUT2D eigenvalue weighted by Gasteiger charge is 2.22. The monoisotopic (exact) mass is 331 g/mol. The van der Waals surface area contributed by atoms with E-state index in [0.29, 0.717) is 10.6 Å². The van der Waals surface area contributed by atoms with Crippen LogP contribution in [0, 0.1) is 27.7 Å². The first kappa shape index (κ1) is 17.5. The molecule has 2 rings (SSSR count). The highest BCUT2D eigenvalue weighted by Crippen LogP contribution is 2.31. The van der Waals surface area contributed by atoms with Crippen molar-refractivity contribution in [1.29, 1.82) is 0 Å². The Labute approximate surface area is 139 Å². The average Bonchev–Trinajstić information content (AvgIpc) is 2.38. The molecular weight excluding hydrogens is 306 g/mol. The number of para-hydroxylation sites is 1. The van der Waals surface area contributed by atoms with Gasteiger partial charge in [0, 0.05) is 0 Å². The molecule has 0 unspecified atom stereocenters. The molecule has 0 spiro atoms. The molecule has 0 amide bonds. The second kappa shape index (κ2) is 6.36. The number of rotatable bonds is 4. The lowest BCUT2D eigenvalue weighted by Gasteiger charge is -2.19. The summed E-state index contributed by atoms with van der Waals surface area (Å²) in [5.74, 6) is 0.243. The number of nitrogens with one attached hydrogen (secondary N) is 1. The van der Waals surface area contributed by atoms with Crippen molar-refractivity contribution in [2.45, 2.75) is 52.4 Å². The molecule has 0 saturated carbocycles. The van der Waals surface area contributed by atoms with Gasteiger partial charge in [-0.15, -0.1) is 0 Å². The van der Waals surface area contributed by atoms with Crippen LogP contribution < -0.4 is 4.72 Å². The molecule has 0 aliphatic heterocycles. The predicted octanol–water partition coefficient (Wildman–Crippen LogP) is 4.84. The van der Waals surface area contributed by atoms with Gasteiger partial charge in [-0.3, -0.25) is 4.72 Å². The van der Waals surface area contributed by atoms with Gasteiger partial charge in [0.25, 0.3) is 10.0 Å². The first-order valence-electron chi connectivity index (χ1n) is 7.83. The van der Waals surface area contributed by atoms with Gasteiger partial charge >= 0.3 is 0 Å². The zero-order valence-corrected chi connectivity index (χ0v) is 15.5. The van der Waals surface area contributed by atoms with Crippen molar-refractivity contribution in [2.24, 2.45) is 0 Å². The summed E-state index contributed by atoms with van der Waals surface area (Å²) >= 11 is 0. The van der Waals surface area contributed by atoms with E-state index in [0.717, 1.165) is 27.8 Å². The molecule has 0 aliphatic carbocycles. The van der Waals surface area contributed by atoms with Crippen LogP contribution in [0.1, 0.15) is 47.6 Å². The Morgan fingerprint density at radius 3 is 2.00 bits per heavy atom. The molecule has 124 valence electrons. The van der Waals surface area contributed by atoms with E-state index < -0.39 is 10.0 Å². The zero-order valence-electron chi connectivity index (χ0n) is 14.7. The van der Waals surface area contributed by atoms with Gasteiger partial charge in [-0.1, -0.05) is 49.7 Å². The Morgan fingerprint density at radius 1 is 0.913 bits per heavy atom. The van der Waals surface area contributed by atoms with Crippen LogP contribution in [-0.4, -0.2) is 8.42 Å². The van der Waals surface area contributed by atoms with Crippen LogP contribution in [0.3, 0.4) is 0 Å². The third-order valence-electron chi connectivity index (χ3n) is 4.04. The minimum Gasteiger partial charge on any atom is -0.279 e. The molecule has 0 aliphatic rings. The highest BCUT2D eigenvalue weighted by atomic mass is 32.2. The summed E-state index contributed by atoms with van der Waals surface area (Å²) in [6.45, 7) is 11.7. The van der Waals surface area contributed by atoms with Gasteiger partial charge in [0.2, 0.25) is 0 Å². The van der Waals surface area contributed by atoms with Gasteiger partial charge in [-0.05, 0) is 55.9 Å². The van der Waals surface area contributed by atoms with Crippen LogP contribution >= 0.6 is 0 Å². The van der Waals surface area contributed by atoms with E-state index in [2.05, 4.69) is 18.6 Å². The highest BCUT2D eigenvalue weighted by molar-refractivity contribution is 7.92. The fourth-order valence-corrected chi connectivity index (χ4v) is 4.70. The molecule has 0 aromatic heterocycles. The Balaban J connectivity index is 2.57. The van der Waals surface area contributed by atoms with E-state index in [-0.39, 0.29) is 5.92 Å². The standard InChI is InChI=1S/C19H25NO2S/c1-12(2)17-9-7-8-14(4)18(17)20-23(21,22)19-15(5)10-13(3)11-16(19)6/h7-12,20H,1-6H3. The van der Waals surface area contributed by atoms with Crippen molar-refractivity contribution in [3.63, 3.8) is 0 Å². The smallest absolute Gasteiger partial charge is 0.262 e. The van der Waals surface area contributed by atoms with E-state index in [1.807, 2.05) is 58.0 Å². The molecule has 0 atom stereocenters. The van der Waals surface area contributed by atoms with Crippen molar-refractivity contribution < 1.29 is 8.42 Å². The minimum absolute atomic E-state index is 0.243. The zero-order chi connectivity index (χ0) is 17.4. The summed E-state index contributed by atoms with van der Waals surface area (Å²) in [4.78, 5) is 0.376. The van der Waals surface area contributed by atoms with E-state index in [1.165, 1.54) is 0 Å². The Bertz CT molecular complexity index is 813. The fourth-order valence-electron chi connectivity index (χ4n) is 3.09. The molecule has 1 N–H and O–H groups in total. The lowest BCUT2D eigenvalue weighted by atomic mass is 9.99. The van der Waals surface area contributed by atoms with E-state index in [9.17, 15) is 8.42 Å².